The minimum absolute atomic E-state index is 0.441. The topological polar surface area (TPSA) is 0 Å². The lowest BCUT2D eigenvalue weighted by Gasteiger charge is -2.27. The van der Waals surface area contributed by atoms with E-state index in [9.17, 15) is 0 Å². The Labute approximate surface area is 243 Å². The number of hydrogen-bond acceptors (Lipinski definition) is 1. The summed E-state index contributed by atoms with van der Waals surface area (Å²) in [5.74, 6) is 0.910. The van der Waals surface area contributed by atoms with E-state index in [4.69, 9.17) is 0 Å². The van der Waals surface area contributed by atoms with Gasteiger partial charge in [-0.05, 0) is 67.1 Å². The molecule has 41 heavy (non-hydrogen) atoms. The highest BCUT2D eigenvalue weighted by molar-refractivity contribution is 7.26. The number of fused-ring (bicyclic) bond motifs is 9. The average molecular weight is 539 g/mol. The molecule has 6 aromatic carbocycles. The standard InChI is InChI=1S/C40H26S/c1-3-9-31-25(7-1)15-17-27-23-29(19-21-33(27)31)35-11-5-13-37-38-14-6-12-36(40(38)41-39(35)37)30-20-22-34-28(24-30)18-16-26-8-2-4-10-32(26)34/h1-25,31H. The molecule has 9 rings (SSSR count). The summed E-state index contributed by atoms with van der Waals surface area (Å²) in [6, 6.07) is 40.8. The van der Waals surface area contributed by atoms with E-state index in [-0.39, 0.29) is 0 Å². The monoisotopic (exact) mass is 538 g/mol. The smallest absolute Gasteiger partial charge is 0.0434 e. The molecule has 0 nitrogen and oxygen atoms in total. The molecule has 1 heterocycles. The van der Waals surface area contributed by atoms with E-state index in [1.54, 1.807) is 0 Å². The maximum atomic E-state index is 2.39. The van der Waals surface area contributed by atoms with Crippen molar-refractivity contribution in [2.45, 2.75) is 5.92 Å². The third-order valence-corrected chi connectivity index (χ3v) is 10.3. The van der Waals surface area contributed by atoms with E-state index in [1.807, 2.05) is 11.3 Å². The van der Waals surface area contributed by atoms with Gasteiger partial charge in [-0.1, -0.05) is 134 Å². The van der Waals surface area contributed by atoms with Crippen molar-refractivity contribution < 1.29 is 0 Å². The zero-order chi connectivity index (χ0) is 26.9. The Bertz CT molecular complexity index is 2270. The van der Waals surface area contributed by atoms with Crippen molar-refractivity contribution in [3.63, 3.8) is 0 Å². The molecule has 0 saturated heterocycles. The van der Waals surface area contributed by atoms with Gasteiger partial charge in [-0.15, -0.1) is 11.3 Å². The van der Waals surface area contributed by atoms with Gasteiger partial charge in [0.25, 0.3) is 0 Å². The number of benzene rings is 6. The van der Waals surface area contributed by atoms with Gasteiger partial charge < -0.3 is 0 Å². The summed E-state index contributed by atoms with van der Waals surface area (Å²) < 4.78 is 2.72. The van der Waals surface area contributed by atoms with Crippen molar-refractivity contribution in [1.82, 2.24) is 0 Å². The Morgan fingerprint density at radius 3 is 2.02 bits per heavy atom. The molecule has 2 atom stereocenters. The fourth-order valence-corrected chi connectivity index (χ4v) is 8.35. The van der Waals surface area contributed by atoms with Crippen molar-refractivity contribution >= 4 is 59.1 Å². The van der Waals surface area contributed by atoms with E-state index in [2.05, 4.69) is 146 Å². The molecule has 1 aromatic heterocycles. The highest BCUT2D eigenvalue weighted by atomic mass is 32.1. The van der Waals surface area contributed by atoms with Crippen molar-refractivity contribution in [3.8, 4) is 22.3 Å². The molecular formula is C40H26S. The molecule has 0 amide bonds. The molecule has 0 radical (unpaired) electrons. The lowest BCUT2D eigenvalue weighted by Crippen LogP contribution is -2.13. The van der Waals surface area contributed by atoms with E-state index >= 15 is 0 Å². The fourth-order valence-electron chi connectivity index (χ4n) is 6.98. The second kappa shape index (κ2) is 8.89. The molecule has 1 heteroatoms. The second-order valence-electron chi connectivity index (χ2n) is 11.3. The lowest BCUT2D eigenvalue weighted by molar-refractivity contribution is 0.692. The highest BCUT2D eigenvalue weighted by Gasteiger charge is 2.24. The molecule has 2 aliphatic carbocycles. The third kappa shape index (κ3) is 3.53. The summed E-state index contributed by atoms with van der Waals surface area (Å²) in [5, 5.41) is 7.87. The van der Waals surface area contributed by atoms with Crippen molar-refractivity contribution in [2.75, 3.05) is 0 Å². The van der Waals surface area contributed by atoms with Crippen molar-refractivity contribution in [3.05, 3.63) is 151 Å². The first kappa shape index (κ1) is 23.0. The molecule has 192 valence electrons. The number of hydrogen-bond donors (Lipinski definition) is 0. The van der Waals surface area contributed by atoms with Crippen LogP contribution in [0.15, 0.2) is 140 Å². The van der Waals surface area contributed by atoms with Gasteiger partial charge in [0.05, 0.1) is 0 Å². The molecule has 7 aromatic rings. The maximum absolute atomic E-state index is 2.39. The molecule has 2 unspecified atom stereocenters. The molecule has 0 aliphatic heterocycles. The van der Waals surface area contributed by atoms with E-state index in [0.717, 1.165) is 0 Å². The molecule has 0 N–H and O–H groups in total. The van der Waals surface area contributed by atoms with Crippen LogP contribution in [0, 0.1) is 5.92 Å². The minimum Gasteiger partial charge on any atom is -0.134 e. The lowest BCUT2D eigenvalue weighted by atomic mass is 9.76. The van der Waals surface area contributed by atoms with Gasteiger partial charge in [0.2, 0.25) is 0 Å². The second-order valence-corrected chi connectivity index (χ2v) is 12.3. The first-order valence-electron chi connectivity index (χ1n) is 14.4. The van der Waals surface area contributed by atoms with E-state index in [0.29, 0.717) is 11.8 Å². The van der Waals surface area contributed by atoms with Crippen LogP contribution in [0.4, 0.5) is 0 Å². The van der Waals surface area contributed by atoms with Crippen LogP contribution in [0.5, 0.6) is 0 Å². The van der Waals surface area contributed by atoms with Crippen LogP contribution < -0.4 is 0 Å². The minimum atomic E-state index is 0.441. The van der Waals surface area contributed by atoms with E-state index < -0.39 is 0 Å². The van der Waals surface area contributed by atoms with Crippen LogP contribution in [-0.4, -0.2) is 0 Å². The Balaban J connectivity index is 1.20. The summed E-state index contributed by atoms with van der Waals surface area (Å²) in [4.78, 5) is 0. The first-order chi connectivity index (χ1) is 20.3. The zero-order valence-corrected chi connectivity index (χ0v) is 23.2. The Kier molecular flexibility index (Phi) is 5.00. The molecule has 0 fully saturated rings. The fraction of sp³-hybridized carbons (Fsp3) is 0.0500. The van der Waals surface area contributed by atoms with Gasteiger partial charge >= 0.3 is 0 Å². The summed E-state index contributed by atoms with van der Waals surface area (Å²) in [6.07, 6.45) is 13.7. The predicted octanol–water partition coefficient (Wildman–Crippen LogP) is 11.5. The number of rotatable bonds is 2. The summed E-state index contributed by atoms with van der Waals surface area (Å²) in [5.41, 5.74) is 7.95. The van der Waals surface area contributed by atoms with Crippen molar-refractivity contribution in [2.24, 2.45) is 5.92 Å². The van der Waals surface area contributed by atoms with Crippen LogP contribution in [0.25, 0.3) is 70.0 Å². The quantitative estimate of drug-likeness (QED) is 0.192. The Hall–Kier alpha value is -4.72. The van der Waals surface area contributed by atoms with Crippen LogP contribution in [0.1, 0.15) is 17.0 Å². The zero-order valence-electron chi connectivity index (χ0n) is 22.4. The van der Waals surface area contributed by atoms with Crippen molar-refractivity contribution in [1.29, 1.82) is 0 Å². The maximum Gasteiger partial charge on any atom is 0.0434 e. The SMILES string of the molecule is C1=CC2C=Cc3cc(-c4cccc5c4sc4c(-c6ccc7c(ccc8ccccc87)c6)cccc45)ccc3C2C=C1. The third-order valence-electron chi connectivity index (χ3n) is 9.01. The van der Waals surface area contributed by atoms with Crippen LogP contribution in [0.2, 0.25) is 0 Å². The summed E-state index contributed by atoms with van der Waals surface area (Å²) >= 11 is 1.93. The molecular weight excluding hydrogens is 513 g/mol. The van der Waals surface area contributed by atoms with Crippen LogP contribution >= 0.6 is 11.3 Å². The first-order valence-corrected chi connectivity index (χ1v) is 15.2. The number of allylic oxidation sites excluding steroid dienone is 5. The van der Waals surface area contributed by atoms with Crippen LogP contribution in [-0.2, 0) is 0 Å². The summed E-state index contributed by atoms with van der Waals surface area (Å²) in [7, 11) is 0. The summed E-state index contributed by atoms with van der Waals surface area (Å²) in [6.45, 7) is 0. The highest BCUT2D eigenvalue weighted by Crippen LogP contribution is 2.45. The molecule has 0 spiro atoms. The van der Waals surface area contributed by atoms with Gasteiger partial charge in [0.15, 0.2) is 0 Å². The van der Waals surface area contributed by atoms with Gasteiger partial charge in [-0.2, -0.15) is 0 Å². The molecule has 0 saturated carbocycles. The van der Waals surface area contributed by atoms with E-state index in [1.165, 1.54) is 75.1 Å². The number of thiophene rings is 1. The van der Waals surface area contributed by atoms with Gasteiger partial charge in [-0.25, -0.2) is 0 Å². The molecule has 0 bridgehead atoms. The van der Waals surface area contributed by atoms with Crippen LogP contribution in [0.3, 0.4) is 0 Å². The molecule has 2 aliphatic rings. The normalized spacial score (nSPS) is 17.5. The predicted molar refractivity (Wildman–Crippen MR) is 179 cm³/mol. The van der Waals surface area contributed by atoms with Gasteiger partial charge in [-0.3, -0.25) is 0 Å². The Morgan fingerprint density at radius 1 is 0.488 bits per heavy atom. The average Bonchev–Trinajstić information content (AvgIpc) is 3.43. The van der Waals surface area contributed by atoms with Gasteiger partial charge in [0.1, 0.15) is 0 Å². The van der Waals surface area contributed by atoms with Gasteiger partial charge in [0, 0.05) is 32.0 Å². The largest absolute Gasteiger partial charge is 0.134 e. The Morgan fingerprint density at radius 2 is 1.17 bits per heavy atom.